The van der Waals surface area contributed by atoms with E-state index in [2.05, 4.69) is 40.5 Å². The Balaban J connectivity index is 1.25. The number of pyridine rings is 2. The molecule has 0 spiro atoms. The van der Waals surface area contributed by atoms with Crippen LogP contribution in [0.2, 0.25) is 0 Å². The van der Waals surface area contributed by atoms with E-state index in [0.29, 0.717) is 57.7 Å². The second-order valence-corrected chi connectivity index (χ2v) is 13.9. The molecule has 0 aliphatic carbocycles. The summed E-state index contributed by atoms with van der Waals surface area (Å²) in [5, 5.41) is 32.9. The van der Waals surface area contributed by atoms with Gasteiger partial charge >= 0.3 is 0 Å². The summed E-state index contributed by atoms with van der Waals surface area (Å²) in [4.78, 5) is 65.7. The number of hydrogen-bond donors (Lipinski definition) is 4. The lowest BCUT2D eigenvalue weighted by molar-refractivity contribution is -0.385. The SMILES string of the molecule is Cc1ccc(-c2nc(N(CCNc3ccc([N+](=O)[O-])cn3)N(CCNc3ccc([N+](=O)[O-])cn3)c3ncc(-c4ncc[nH]4)c(-c4ccc(C)cc4)n3)ncc2-c2ncc[nH]2)cc1. The molecule has 0 atom stereocenters. The van der Waals surface area contributed by atoms with Crippen LogP contribution in [-0.4, -0.2) is 85.9 Å². The van der Waals surface area contributed by atoms with E-state index < -0.39 is 9.85 Å². The van der Waals surface area contributed by atoms with Crippen molar-refractivity contribution in [2.45, 2.75) is 13.8 Å². The quantitative estimate of drug-likeness (QED) is 0.0529. The topological polar surface area (TPSA) is 252 Å². The van der Waals surface area contributed by atoms with E-state index in [1.54, 1.807) is 37.2 Å². The molecule has 310 valence electrons. The summed E-state index contributed by atoms with van der Waals surface area (Å²) in [6.45, 7) is 4.97. The highest BCUT2D eigenvalue weighted by Gasteiger charge is 2.26. The Morgan fingerprint density at radius 2 is 0.968 bits per heavy atom. The lowest BCUT2D eigenvalue weighted by atomic mass is 10.1. The average molecular weight is 831 g/mol. The second kappa shape index (κ2) is 18.1. The van der Waals surface area contributed by atoms with Crippen molar-refractivity contribution >= 4 is 34.9 Å². The maximum absolute atomic E-state index is 11.3. The van der Waals surface area contributed by atoms with Crippen LogP contribution >= 0.6 is 0 Å². The average Bonchev–Trinajstić information content (AvgIpc) is 4.04. The van der Waals surface area contributed by atoms with E-state index in [1.807, 2.05) is 72.4 Å². The molecule has 2 aromatic carbocycles. The first-order valence-corrected chi connectivity index (χ1v) is 19.3. The van der Waals surface area contributed by atoms with Crippen LogP contribution in [0, 0.1) is 34.1 Å². The number of aromatic amines is 2. The summed E-state index contributed by atoms with van der Waals surface area (Å²) < 4.78 is 0. The lowest BCUT2D eigenvalue weighted by Gasteiger charge is -2.35. The van der Waals surface area contributed by atoms with E-state index in [9.17, 15) is 20.2 Å². The Hall–Kier alpha value is -8.68. The molecule has 20 heteroatoms. The smallest absolute Gasteiger partial charge is 0.287 e. The zero-order valence-electron chi connectivity index (χ0n) is 33.4. The summed E-state index contributed by atoms with van der Waals surface area (Å²) in [7, 11) is 0. The van der Waals surface area contributed by atoms with Gasteiger partial charge < -0.3 is 20.6 Å². The highest BCUT2D eigenvalue weighted by Crippen LogP contribution is 2.33. The molecule has 0 radical (unpaired) electrons. The van der Waals surface area contributed by atoms with Gasteiger partial charge in [0.2, 0.25) is 11.9 Å². The van der Waals surface area contributed by atoms with Crippen molar-refractivity contribution in [1.82, 2.24) is 49.8 Å². The molecule has 0 aliphatic rings. The standard InChI is InChI=1S/C42H38N16O4/c1-27-3-7-29(8-4-27)37-33(39-45-15-16-46-39)25-51-41(53-37)55(21-19-43-35-13-11-31(23-49-35)57(59)60)56(22-20-44-36-14-12-32(24-50-36)58(61)62)42-52-26-34(40-47-17-18-48-40)38(54-42)30-9-5-28(2)6-10-30/h3-18,23-26H,19-22H2,1-2H3,(H,43,49)(H,44,50)(H,45,46)(H,47,48). The normalized spacial score (nSPS) is 10.9. The zero-order valence-corrected chi connectivity index (χ0v) is 33.4. The second-order valence-electron chi connectivity index (χ2n) is 13.9. The van der Waals surface area contributed by atoms with Crippen molar-refractivity contribution in [1.29, 1.82) is 0 Å². The van der Waals surface area contributed by atoms with Gasteiger partial charge in [-0.15, -0.1) is 0 Å². The Kier molecular flexibility index (Phi) is 11.7. The van der Waals surface area contributed by atoms with E-state index in [-0.39, 0.29) is 37.6 Å². The molecule has 0 fully saturated rings. The van der Waals surface area contributed by atoms with Crippen LogP contribution in [0.4, 0.5) is 34.9 Å². The highest BCUT2D eigenvalue weighted by molar-refractivity contribution is 5.79. The largest absolute Gasteiger partial charge is 0.368 e. The number of anilines is 4. The molecular weight excluding hydrogens is 793 g/mol. The number of rotatable bonds is 17. The van der Waals surface area contributed by atoms with E-state index in [1.165, 1.54) is 36.7 Å². The summed E-state index contributed by atoms with van der Waals surface area (Å²) in [5.74, 6) is 2.59. The Morgan fingerprint density at radius 3 is 1.31 bits per heavy atom. The predicted molar refractivity (Wildman–Crippen MR) is 233 cm³/mol. The number of nitrogens with zero attached hydrogens (tertiary/aromatic N) is 12. The van der Waals surface area contributed by atoms with E-state index >= 15 is 0 Å². The molecule has 20 nitrogen and oxygen atoms in total. The van der Waals surface area contributed by atoms with Crippen molar-refractivity contribution in [3.05, 3.63) is 154 Å². The van der Waals surface area contributed by atoms with Gasteiger partial charge in [0.25, 0.3) is 11.4 Å². The molecule has 8 rings (SSSR count). The lowest BCUT2D eigenvalue weighted by Crippen LogP contribution is -2.49. The van der Waals surface area contributed by atoms with Crippen LogP contribution < -0.4 is 20.7 Å². The fourth-order valence-electron chi connectivity index (χ4n) is 6.46. The highest BCUT2D eigenvalue weighted by atomic mass is 16.6. The number of hydrogen-bond acceptors (Lipinski definition) is 16. The number of hydrazine groups is 1. The van der Waals surface area contributed by atoms with E-state index in [0.717, 1.165) is 22.3 Å². The van der Waals surface area contributed by atoms with E-state index in [4.69, 9.17) is 19.9 Å². The van der Waals surface area contributed by atoms with Crippen molar-refractivity contribution < 1.29 is 9.85 Å². The minimum Gasteiger partial charge on any atom is -0.368 e. The molecule has 6 aromatic heterocycles. The van der Waals surface area contributed by atoms with Crippen molar-refractivity contribution in [2.75, 3.05) is 46.8 Å². The predicted octanol–water partition coefficient (Wildman–Crippen LogP) is 7.06. The number of imidazole rings is 2. The molecule has 0 amide bonds. The van der Waals surface area contributed by atoms with Gasteiger partial charge in [-0.1, -0.05) is 59.7 Å². The van der Waals surface area contributed by atoms with Crippen molar-refractivity contribution in [3.8, 4) is 45.3 Å². The third-order valence-corrected chi connectivity index (χ3v) is 9.64. The van der Waals surface area contributed by atoms with Crippen LogP contribution in [0.1, 0.15) is 11.1 Å². The van der Waals surface area contributed by atoms with Crippen molar-refractivity contribution in [2.24, 2.45) is 0 Å². The molecule has 0 aliphatic heterocycles. The first kappa shape index (κ1) is 40.1. The monoisotopic (exact) mass is 830 g/mol. The third-order valence-electron chi connectivity index (χ3n) is 9.64. The Morgan fingerprint density at radius 1 is 0.548 bits per heavy atom. The minimum absolute atomic E-state index is 0.133. The summed E-state index contributed by atoms with van der Waals surface area (Å²) in [5.41, 5.74) is 6.13. The van der Waals surface area contributed by atoms with Gasteiger partial charge in [-0.25, -0.2) is 49.9 Å². The molecule has 62 heavy (non-hydrogen) atoms. The third kappa shape index (κ3) is 9.13. The Bertz CT molecular complexity index is 2580. The molecule has 0 bridgehead atoms. The number of nitro groups is 2. The summed E-state index contributed by atoms with van der Waals surface area (Å²) in [6, 6.07) is 21.8. The molecule has 0 unspecified atom stereocenters. The Labute approximate surface area is 353 Å². The fraction of sp³-hybridized carbons (Fsp3) is 0.143. The first-order valence-electron chi connectivity index (χ1n) is 19.3. The summed E-state index contributed by atoms with van der Waals surface area (Å²) >= 11 is 0. The van der Waals surface area contributed by atoms with Crippen LogP contribution in [0.3, 0.4) is 0 Å². The molecule has 0 saturated heterocycles. The molecule has 8 aromatic rings. The van der Waals surface area contributed by atoms with Crippen LogP contribution in [0.25, 0.3) is 45.3 Å². The van der Waals surface area contributed by atoms with Gasteiger partial charge in [-0.05, 0) is 26.0 Å². The van der Waals surface area contributed by atoms with Gasteiger partial charge in [0.15, 0.2) is 0 Å². The van der Waals surface area contributed by atoms with Crippen LogP contribution in [0.5, 0.6) is 0 Å². The van der Waals surface area contributed by atoms with Crippen LogP contribution in [0.15, 0.2) is 122 Å². The number of aryl methyl sites for hydroxylation is 2. The maximum atomic E-state index is 11.3. The van der Waals surface area contributed by atoms with Crippen LogP contribution in [-0.2, 0) is 0 Å². The molecule has 4 N–H and O–H groups in total. The van der Waals surface area contributed by atoms with Gasteiger partial charge in [-0.2, -0.15) is 0 Å². The number of aromatic nitrogens is 10. The molecule has 6 heterocycles. The first-order chi connectivity index (χ1) is 30.2. The molecular formula is C42H38N16O4. The van der Waals surface area contributed by atoms with Gasteiger partial charge in [0.05, 0.1) is 45.5 Å². The number of benzene rings is 2. The number of nitrogens with one attached hydrogen (secondary N) is 4. The van der Waals surface area contributed by atoms with Gasteiger partial charge in [-0.3, -0.25) is 20.2 Å². The number of H-pyrrole nitrogens is 2. The summed E-state index contributed by atoms with van der Waals surface area (Å²) in [6.07, 6.45) is 12.6. The maximum Gasteiger partial charge on any atom is 0.287 e. The molecule has 0 saturated carbocycles. The van der Waals surface area contributed by atoms with Gasteiger partial charge in [0, 0.05) is 73.5 Å². The van der Waals surface area contributed by atoms with Gasteiger partial charge in [0.1, 0.15) is 35.7 Å². The fourth-order valence-corrected chi connectivity index (χ4v) is 6.46. The van der Waals surface area contributed by atoms with Crippen molar-refractivity contribution in [3.63, 3.8) is 0 Å². The minimum atomic E-state index is -0.506. The zero-order chi connectivity index (χ0) is 43.0.